The smallest absolute Gasteiger partial charge is 0.145 e. The van der Waals surface area contributed by atoms with Crippen LogP contribution >= 0.6 is 0 Å². The Kier molecular flexibility index (Phi) is 2.93. The Morgan fingerprint density at radius 1 is 0.629 bits per heavy atom. The first-order chi connectivity index (χ1) is 17.1. The Balaban J connectivity index is 1.66. The topological polar surface area (TPSA) is 17.6 Å². The van der Waals surface area contributed by atoms with E-state index in [0.29, 0.717) is 0 Å². The molecule has 0 fully saturated rings. The molecule has 0 spiro atoms. The maximum atomic E-state index is 6.63. The molecule has 0 saturated carbocycles. The lowest BCUT2D eigenvalue weighted by atomic mass is 9.80. The lowest BCUT2D eigenvalue weighted by Crippen LogP contribution is -2.15. The Bertz CT molecular complexity index is 2190. The molecule has 3 aromatic heterocycles. The summed E-state index contributed by atoms with van der Waals surface area (Å²) < 4.78 is 9.10. The molecule has 1 aliphatic rings. The van der Waals surface area contributed by atoms with Crippen LogP contribution in [0.3, 0.4) is 0 Å². The fourth-order valence-corrected chi connectivity index (χ4v) is 7.09. The summed E-state index contributed by atoms with van der Waals surface area (Å²) in [4.78, 5) is 0. The van der Waals surface area contributed by atoms with Gasteiger partial charge in [0.1, 0.15) is 11.2 Å². The number of fused-ring (bicyclic) bond motifs is 14. The summed E-state index contributed by atoms with van der Waals surface area (Å²) in [5.74, 6) is 0. The average Bonchev–Trinajstić information content (AvgIpc) is 3.58. The third-order valence-electron chi connectivity index (χ3n) is 8.49. The summed E-state index contributed by atoms with van der Waals surface area (Å²) in [5, 5.41) is 7.58. The minimum atomic E-state index is -0.105. The van der Waals surface area contributed by atoms with Crippen LogP contribution in [0.4, 0.5) is 0 Å². The lowest BCUT2D eigenvalue weighted by Gasteiger charge is -2.22. The van der Waals surface area contributed by atoms with Gasteiger partial charge < -0.3 is 8.82 Å². The molecule has 0 radical (unpaired) electrons. The van der Waals surface area contributed by atoms with Gasteiger partial charge in [0.15, 0.2) is 0 Å². The number of hydrogen-bond donors (Lipinski definition) is 0. The van der Waals surface area contributed by atoms with Gasteiger partial charge in [-0.3, -0.25) is 0 Å². The van der Waals surface area contributed by atoms with Gasteiger partial charge in [-0.05, 0) is 52.6 Å². The first-order valence-corrected chi connectivity index (χ1v) is 12.3. The van der Waals surface area contributed by atoms with Crippen LogP contribution in [0, 0.1) is 0 Å². The molecule has 0 aliphatic heterocycles. The molecule has 2 heteroatoms. The molecule has 8 aromatic rings. The van der Waals surface area contributed by atoms with Gasteiger partial charge in [0.2, 0.25) is 0 Å². The van der Waals surface area contributed by atoms with Crippen LogP contribution in [0.1, 0.15) is 25.0 Å². The van der Waals surface area contributed by atoms with Crippen molar-refractivity contribution in [1.29, 1.82) is 0 Å². The van der Waals surface area contributed by atoms with Gasteiger partial charge in [0.05, 0.1) is 21.9 Å². The van der Waals surface area contributed by atoms with Crippen molar-refractivity contribution in [3.05, 3.63) is 102 Å². The van der Waals surface area contributed by atoms with E-state index in [4.69, 9.17) is 4.42 Å². The van der Waals surface area contributed by atoms with Gasteiger partial charge >= 0.3 is 0 Å². The van der Waals surface area contributed by atoms with Crippen LogP contribution in [-0.4, -0.2) is 4.40 Å². The second-order valence-corrected chi connectivity index (χ2v) is 10.5. The minimum Gasteiger partial charge on any atom is -0.455 e. The van der Waals surface area contributed by atoms with E-state index in [1.54, 1.807) is 0 Å². The molecule has 5 aromatic carbocycles. The van der Waals surface area contributed by atoms with E-state index in [1.807, 2.05) is 0 Å². The predicted molar refractivity (Wildman–Crippen MR) is 146 cm³/mol. The predicted octanol–water partition coefficient (Wildman–Crippen LogP) is 9.04. The van der Waals surface area contributed by atoms with Crippen LogP contribution in [0.5, 0.6) is 0 Å². The van der Waals surface area contributed by atoms with Crippen molar-refractivity contribution in [2.75, 3.05) is 0 Å². The highest BCUT2D eigenvalue weighted by Gasteiger charge is 2.39. The third kappa shape index (κ3) is 1.89. The number of benzene rings is 5. The van der Waals surface area contributed by atoms with Crippen molar-refractivity contribution in [1.82, 2.24) is 4.40 Å². The van der Waals surface area contributed by atoms with Crippen molar-refractivity contribution in [2.45, 2.75) is 19.3 Å². The van der Waals surface area contributed by atoms with Crippen molar-refractivity contribution in [2.24, 2.45) is 0 Å². The average molecular weight is 448 g/mol. The number of hydrogen-bond acceptors (Lipinski definition) is 1. The Morgan fingerprint density at radius 3 is 2.31 bits per heavy atom. The quantitative estimate of drug-likeness (QED) is 0.227. The van der Waals surface area contributed by atoms with Gasteiger partial charge in [-0.2, -0.15) is 0 Å². The summed E-state index contributed by atoms with van der Waals surface area (Å²) >= 11 is 0. The zero-order valence-corrected chi connectivity index (χ0v) is 19.5. The molecule has 0 unspecified atom stereocenters. The Morgan fingerprint density at radius 2 is 1.40 bits per heavy atom. The molecule has 35 heavy (non-hydrogen) atoms. The molecular weight excluding hydrogens is 426 g/mol. The highest BCUT2D eigenvalue weighted by Crippen LogP contribution is 2.56. The molecule has 9 rings (SSSR count). The van der Waals surface area contributed by atoms with Crippen molar-refractivity contribution < 1.29 is 4.42 Å². The molecule has 0 saturated heterocycles. The van der Waals surface area contributed by atoms with Crippen LogP contribution in [-0.2, 0) is 5.41 Å². The van der Waals surface area contributed by atoms with E-state index in [-0.39, 0.29) is 5.41 Å². The molecule has 3 heterocycles. The molecule has 0 N–H and O–H groups in total. The van der Waals surface area contributed by atoms with Crippen LogP contribution in [0.25, 0.3) is 71.2 Å². The van der Waals surface area contributed by atoms with Crippen LogP contribution < -0.4 is 0 Å². The highest BCUT2D eigenvalue weighted by molar-refractivity contribution is 6.32. The van der Waals surface area contributed by atoms with E-state index in [1.165, 1.54) is 71.1 Å². The summed E-state index contributed by atoms with van der Waals surface area (Å²) in [6, 6.07) is 33.1. The summed E-state index contributed by atoms with van der Waals surface area (Å²) in [6.07, 6.45) is 0. The largest absolute Gasteiger partial charge is 0.455 e. The molecule has 2 nitrogen and oxygen atoms in total. The van der Waals surface area contributed by atoms with E-state index in [0.717, 1.165) is 11.2 Å². The van der Waals surface area contributed by atoms with Crippen molar-refractivity contribution >= 4 is 60.0 Å². The van der Waals surface area contributed by atoms with Gasteiger partial charge in [-0.15, -0.1) is 0 Å². The van der Waals surface area contributed by atoms with Crippen LogP contribution in [0.2, 0.25) is 0 Å². The number of para-hydroxylation sites is 2. The number of aromatic nitrogens is 1. The normalized spacial score (nSPS) is 14.8. The van der Waals surface area contributed by atoms with Gasteiger partial charge in [-0.25, -0.2) is 0 Å². The van der Waals surface area contributed by atoms with E-state index >= 15 is 0 Å². The monoisotopic (exact) mass is 447 g/mol. The first-order valence-electron chi connectivity index (χ1n) is 12.3. The van der Waals surface area contributed by atoms with E-state index in [9.17, 15) is 0 Å². The minimum absolute atomic E-state index is 0.105. The van der Waals surface area contributed by atoms with Gasteiger partial charge in [0, 0.05) is 32.3 Å². The highest BCUT2D eigenvalue weighted by atomic mass is 16.3. The van der Waals surface area contributed by atoms with Crippen molar-refractivity contribution in [3.63, 3.8) is 0 Å². The zero-order valence-electron chi connectivity index (χ0n) is 19.5. The number of furan rings is 1. The molecule has 0 amide bonds. The summed E-state index contributed by atoms with van der Waals surface area (Å²) in [7, 11) is 0. The van der Waals surface area contributed by atoms with Gasteiger partial charge in [0.25, 0.3) is 0 Å². The second kappa shape index (κ2) is 5.67. The third-order valence-corrected chi connectivity index (χ3v) is 8.49. The first kappa shape index (κ1) is 18.1. The summed E-state index contributed by atoms with van der Waals surface area (Å²) in [5.41, 5.74) is 11.2. The molecule has 164 valence electrons. The molecule has 0 atom stereocenters. The Hall–Kier alpha value is -4.30. The fraction of sp³-hybridized carbons (Fsp3) is 0.0909. The molecule has 0 bridgehead atoms. The van der Waals surface area contributed by atoms with Crippen molar-refractivity contribution in [3.8, 4) is 11.1 Å². The second-order valence-electron chi connectivity index (χ2n) is 10.5. The van der Waals surface area contributed by atoms with Gasteiger partial charge in [-0.1, -0.05) is 74.5 Å². The Labute approximate surface area is 201 Å². The lowest BCUT2D eigenvalue weighted by molar-refractivity contribution is 0.665. The van der Waals surface area contributed by atoms with E-state index in [2.05, 4.69) is 109 Å². The molecular formula is C33H21NO. The number of nitrogens with zero attached hydrogens (tertiary/aromatic N) is 1. The van der Waals surface area contributed by atoms with E-state index < -0.39 is 0 Å². The maximum Gasteiger partial charge on any atom is 0.145 e. The van der Waals surface area contributed by atoms with Crippen LogP contribution in [0.15, 0.2) is 95.4 Å². The standard InChI is InChI=1S/C33H21NO/c1-33(2)24-12-6-3-9-18(24)22-17-23-19-10-4-7-13-25(19)34-26-16-15-21-20-11-5-8-14-27(20)35-32(21)28(26)29(30(22)33)31(23)34/h3-17H,1-2H3. The SMILES string of the molecule is CC1(C)c2ccccc2-c2cc3c4ccccc4n4c5ccc6c7ccccc7oc6c5c(c21)c34. The zero-order chi connectivity index (χ0) is 23.1. The fourth-order valence-electron chi connectivity index (χ4n) is 7.09. The molecule has 1 aliphatic carbocycles. The summed E-state index contributed by atoms with van der Waals surface area (Å²) in [6.45, 7) is 4.76. The maximum absolute atomic E-state index is 6.63. The number of rotatable bonds is 0.